The summed E-state index contributed by atoms with van der Waals surface area (Å²) in [6, 6.07) is 11.8. The number of amides is 2. The van der Waals surface area contributed by atoms with Crippen molar-refractivity contribution in [3.63, 3.8) is 0 Å². The van der Waals surface area contributed by atoms with E-state index in [0.717, 1.165) is 0 Å². The molecule has 0 saturated carbocycles. The van der Waals surface area contributed by atoms with Gasteiger partial charge in [-0.3, -0.25) is 9.59 Å². The molecule has 0 unspecified atom stereocenters. The minimum Gasteiger partial charge on any atom is -0.486 e. The fourth-order valence-electron chi connectivity index (χ4n) is 3.55. The van der Waals surface area contributed by atoms with Gasteiger partial charge in [0.2, 0.25) is 11.8 Å². The molecule has 162 valence electrons. The van der Waals surface area contributed by atoms with Gasteiger partial charge in [0, 0.05) is 30.4 Å². The second-order valence-electron chi connectivity index (χ2n) is 7.75. The van der Waals surface area contributed by atoms with Crippen molar-refractivity contribution >= 4 is 29.2 Å². The van der Waals surface area contributed by atoms with Crippen molar-refractivity contribution in [3.8, 4) is 11.5 Å². The molecule has 0 bridgehead atoms. The molecule has 1 N–H and O–H groups in total. The van der Waals surface area contributed by atoms with Crippen LogP contribution in [-0.4, -0.2) is 43.6 Å². The van der Waals surface area contributed by atoms with Crippen molar-refractivity contribution in [1.82, 2.24) is 0 Å². The SMILES string of the molecule is CC(C)OC(=O)c1ccc(NC(=O)[C@H]2CC(=O)N(c3ccc4c(c3)OCCO4)C2)cc1. The Bertz CT molecular complexity index is 1000. The summed E-state index contributed by atoms with van der Waals surface area (Å²) in [6.07, 6.45) is -0.0806. The number of rotatable bonds is 5. The van der Waals surface area contributed by atoms with Gasteiger partial charge in [0.05, 0.1) is 17.6 Å². The molecule has 1 fully saturated rings. The van der Waals surface area contributed by atoms with Gasteiger partial charge < -0.3 is 24.4 Å². The van der Waals surface area contributed by atoms with Crippen LogP contribution in [0.2, 0.25) is 0 Å². The number of anilines is 2. The van der Waals surface area contributed by atoms with Crippen LogP contribution in [0, 0.1) is 5.92 Å². The number of nitrogens with one attached hydrogen (secondary N) is 1. The van der Waals surface area contributed by atoms with Gasteiger partial charge in [-0.15, -0.1) is 0 Å². The molecule has 2 aliphatic rings. The maximum absolute atomic E-state index is 12.7. The van der Waals surface area contributed by atoms with E-state index in [-0.39, 0.29) is 30.9 Å². The van der Waals surface area contributed by atoms with Crippen LogP contribution in [0.5, 0.6) is 11.5 Å². The zero-order chi connectivity index (χ0) is 22.0. The fraction of sp³-hybridized carbons (Fsp3) is 0.348. The van der Waals surface area contributed by atoms with Crippen molar-refractivity contribution in [2.24, 2.45) is 5.92 Å². The first-order chi connectivity index (χ1) is 14.9. The molecule has 31 heavy (non-hydrogen) atoms. The van der Waals surface area contributed by atoms with Crippen LogP contribution in [0.3, 0.4) is 0 Å². The van der Waals surface area contributed by atoms with Gasteiger partial charge in [0.25, 0.3) is 0 Å². The molecular formula is C23H24N2O6. The standard InChI is InChI=1S/C23H24N2O6/c1-14(2)31-23(28)15-3-5-17(6-4-15)24-22(27)16-11-21(26)25(13-16)18-7-8-19-20(12-18)30-10-9-29-19/h3-8,12,14,16H,9-11,13H2,1-2H3,(H,24,27)/t16-/m0/s1. The minimum absolute atomic E-state index is 0.122. The first-order valence-electron chi connectivity index (χ1n) is 10.2. The molecule has 2 aromatic carbocycles. The third-order valence-corrected chi connectivity index (χ3v) is 5.06. The number of nitrogens with zero attached hydrogens (tertiary/aromatic N) is 1. The molecule has 4 rings (SSSR count). The second kappa shape index (κ2) is 8.67. The maximum Gasteiger partial charge on any atom is 0.338 e. The van der Waals surface area contributed by atoms with Crippen LogP contribution in [0.1, 0.15) is 30.6 Å². The molecule has 0 spiro atoms. The summed E-state index contributed by atoms with van der Waals surface area (Å²) in [7, 11) is 0. The first-order valence-corrected chi connectivity index (χ1v) is 10.2. The topological polar surface area (TPSA) is 94.2 Å². The maximum atomic E-state index is 12.7. The van der Waals surface area contributed by atoms with Crippen LogP contribution in [-0.2, 0) is 14.3 Å². The molecule has 0 radical (unpaired) electrons. The lowest BCUT2D eigenvalue weighted by molar-refractivity contribution is -0.122. The molecule has 1 saturated heterocycles. The van der Waals surface area contributed by atoms with E-state index in [2.05, 4.69) is 5.32 Å². The third-order valence-electron chi connectivity index (χ3n) is 5.06. The number of carbonyl (C=O) groups excluding carboxylic acids is 3. The third kappa shape index (κ3) is 4.63. The summed E-state index contributed by atoms with van der Waals surface area (Å²) >= 11 is 0. The van der Waals surface area contributed by atoms with E-state index in [1.165, 1.54) is 0 Å². The molecule has 0 aliphatic carbocycles. The summed E-state index contributed by atoms with van der Waals surface area (Å²) in [5.74, 6) is -0.0117. The van der Waals surface area contributed by atoms with Gasteiger partial charge in [0.15, 0.2) is 11.5 Å². The van der Waals surface area contributed by atoms with Gasteiger partial charge in [-0.25, -0.2) is 4.79 Å². The number of carbonyl (C=O) groups is 3. The van der Waals surface area contributed by atoms with Gasteiger partial charge in [-0.05, 0) is 50.2 Å². The van der Waals surface area contributed by atoms with Crippen LogP contribution in [0.15, 0.2) is 42.5 Å². The number of esters is 1. The number of ether oxygens (including phenoxy) is 3. The number of hydrogen-bond donors (Lipinski definition) is 1. The Morgan fingerprint density at radius 1 is 1.06 bits per heavy atom. The van der Waals surface area contributed by atoms with Gasteiger partial charge in [-0.2, -0.15) is 0 Å². The predicted molar refractivity (Wildman–Crippen MR) is 114 cm³/mol. The molecule has 0 aromatic heterocycles. The largest absolute Gasteiger partial charge is 0.486 e. The summed E-state index contributed by atoms with van der Waals surface area (Å²) in [5, 5.41) is 2.82. The van der Waals surface area contributed by atoms with E-state index in [1.54, 1.807) is 61.2 Å². The summed E-state index contributed by atoms with van der Waals surface area (Å²) < 4.78 is 16.3. The number of hydrogen-bond acceptors (Lipinski definition) is 6. The molecule has 2 amide bonds. The smallest absolute Gasteiger partial charge is 0.338 e. The Morgan fingerprint density at radius 3 is 2.48 bits per heavy atom. The van der Waals surface area contributed by atoms with E-state index in [1.807, 2.05) is 0 Å². The van der Waals surface area contributed by atoms with Gasteiger partial charge in [0.1, 0.15) is 13.2 Å². The molecule has 1 atom stereocenters. The highest BCUT2D eigenvalue weighted by molar-refractivity contribution is 6.03. The lowest BCUT2D eigenvalue weighted by Gasteiger charge is -2.22. The van der Waals surface area contributed by atoms with Crippen LogP contribution >= 0.6 is 0 Å². The van der Waals surface area contributed by atoms with Crippen LogP contribution in [0.4, 0.5) is 11.4 Å². The lowest BCUT2D eigenvalue weighted by atomic mass is 10.1. The van der Waals surface area contributed by atoms with Crippen molar-refractivity contribution < 1.29 is 28.6 Å². The average Bonchev–Trinajstić information content (AvgIpc) is 3.15. The van der Waals surface area contributed by atoms with Crippen molar-refractivity contribution in [1.29, 1.82) is 0 Å². The van der Waals surface area contributed by atoms with Gasteiger partial charge in [-0.1, -0.05) is 0 Å². The summed E-state index contributed by atoms with van der Waals surface area (Å²) in [6.45, 7) is 4.80. The Labute approximate surface area is 180 Å². The van der Waals surface area contributed by atoms with E-state index in [0.29, 0.717) is 41.7 Å². The van der Waals surface area contributed by atoms with Crippen molar-refractivity contribution in [3.05, 3.63) is 48.0 Å². The van der Waals surface area contributed by atoms with Crippen molar-refractivity contribution in [2.75, 3.05) is 30.0 Å². The second-order valence-corrected chi connectivity index (χ2v) is 7.75. The summed E-state index contributed by atoms with van der Waals surface area (Å²) in [5.41, 5.74) is 1.64. The minimum atomic E-state index is -0.480. The molecule has 8 nitrogen and oxygen atoms in total. The van der Waals surface area contributed by atoms with Gasteiger partial charge >= 0.3 is 5.97 Å². The highest BCUT2D eigenvalue weighted by Gasteiger charge is 2.35. The molecule has 2 aliphatic heterocycles. The van der Waals surface area contributed by atoms with E-state index >= 15 is 0 Å². The Balaban J connectivity index is 1.39. The highest BCUT2D eigenvalue weighted by atomic mass is 16.6. The van der Waals surface area contributed by atoms with E-state index in [9.17, 15) is 14.4 Å². The molecule has 2 aromatic rings. The highest BCUT2D eigenvalue weighted by Crippen LogP contribution is 2.36. The summed E-state index contributed by atoms with van der Waals surface area (Å²) in [4.78, 5) is 38.8. The predicted octanol–water partition coefficient (Wildman–Crippen LogP) is 3.01. The lowest BCUT2D eigenvalue weighted by Crippen LogP contribution is -2.28. The normalized spacial score (nSPS) is 17.6. The number of fused-ring (bicyclic) bond motifs is 1. The molecule has 8 heteroatoms. The molecular weight excluding hydrogens is 400 g/mol. The monoisotopic (exact) mass is 424 g/mol. The fourth-order valence-corrected chi connectivity index (χ4v) is 3.55. The van der Waals surface area contributed by atoms with Crippen molar-refractivity contribution in [2.45, 2.75) is 26.4 Å². The van der Waals surface area contributed by atoms with E-state index < -0.39 is 11.9 Å². The van der Waals surface area contributed by atoms with Crippen LogP contribution in [0.25, 0.3) is 0 Å². The zero-order valence-corrected chi connectivity index (χ0v) is 17.4. The Kier molecular flexibility index (Phi) is 5.79. The number of benzene rings is 2. The van der Waals surface area contributed by atoms with E-state index in [4.69, 9.17) is 14.2 Å². The zero-order valence-electron chi connectivity index (χ0n) is 17.4. The Morgan fingerprint density at radius 2 is 1.77 bits per heavy atom. The molecule has 2 heterocycles. The average molecular weight is 424 g/mol. The van der Waals surface area contributed by atoms with Crippen LogP contribution < -0.4 is 19.7 Å². The first kappa shape index (κ1) is 20.7. The quantitative estimate of drug-likeness (QED) is 0.742. The Hall–Kier alpha value is -3.55.